The maximum atomic E-state index is 15.9. The predicted octanol–water partition coefficient (Wildman–Crippen LogP) is 17.8. The Kier molecular flexibility index (Phi) is 20.9. The molecule has 5 heterocycles. The second-order valence-electron chi connectivity index (χ2n) is 27.6. The molecule has 0 amide bonds. The normalized spacial score (nSPS) is 17.2. The Morgan fingerprint density at radius 3 is 0.763 bits per heavy atom. The van der Waals surface area contributed by atoms with Gasteiger partial charge in [-0.1, -0.05) is 293 Å². The lowest BCUT2D eigenvalue weighted by atomic mass is 9.97. The number of carbonyl (C=O) groups is 4. The smallest absolute Gasteiger partial charge is 0.340 e. The van der Waals surface area contributed by atoms with Crippen LogP contribution in [0.3, 0.4) is 0 Å². The van der Waals surface area contributed by atoms with E-state index in [0.717, 1.165) is 0 Å². The molecule has 5 aliphatic rings. The number of ether oxygens (including phenoxy) is 17. The minimum absolute atomic E-state index is 0.0253. The Balaban J connectivity index is 0.780. The summed E-state index contributed by atoms with van der Waals surface area (Å²) in [4.78, 5) is 62.7. The molecule has 0 saturated carbocycles. The van der Waals surface area contributed by atoms with Crippen molar-refractivity contribution in [2.75, 3.05) is 33.0 Å². The van der Waals surface area contributed by atoms with Crippen LogP contribution in [0.15, 0.2) is 342 Å². The van der Waals surface area contributed by atoms with Crippen LogP contribution in [0.4, 0.5) is 0 Å². The highest BCUT2D eigenvalue weighted by Crippen LogP contribution is 2.58. The molecule has 21 heteroatoms. The molecule has 17 rings (SSSR count). The lowest BCUT2D eigenvalue weighted by Gasteiger charge is -2.28. The molecule has 0 aromatic heterocycles. The van der Waals surface area contributed by atoms with Gasteiger partial charge >= 0.3 is 47.0 Å². The van der Waals surface area contributed by atoms with Crippen molar-refractivity contribution in [3.63, 3.8) is 0 Å². The second-order valence-corrected chi connectivity index (χ2v) is 27.6. The Morgan fingerprint density at radius 1 is 0.288 bits per heavy atom. The minimum Gasteiger partial charge on any atom is -0.485 e. The molecule has 4 atom stereocenters. The van der Waals surface area contributed by atoms with Gasteiger partial charge in [0, 0.05) is 44.5 Å². The van der Waals surface area contributed by atoms with Crippen LogP contribution in [0, 0.1) is 0 Å². The summed E-state index contributed by atoms with van der Waals surface area (Å²) in [6.45, 7) is 14.5. The highest BCUT2D eigenvalue weighted by atomic mass is 16.8. The van der Waals surface area contributed by atoms with Crippen molar-refractivity contribution in [2.24, 2.45) is 0 Å². The summed E-state index contributed by atoms with van der Waals surface area (Å²) in [7, 11) is 0. The van der Waals surface area contributed by atoms with Gasteiger partial charge in [-0.25, -0.2) is 19.2 Å². The van der Waals surface area contributed by atoms with Crippen LogP contribution < -0.4 is 56.8 Å². The first-order valence-electron chi connectivity index (χ1n) is 37.9. The van der Waals surface area contributed by atoms with E-state index in [4.69, 9.17) is 80.5 Å². The zero-order chi connectivity index (χ0) is 80.8. The third-order valence-corrected chi connectivity index (χ3v) is 20.0. The number of fused-ring (bicyclic) bond motifs is 4. The molecule has 0 unspecified atom stereocenters. The van der Waals surface area contributed by atoms with Crippen LogP contribution in [0.5, 0.6) is 69.0 Å². The van der Waals surface area contributed by atoms with Crippen LogP contribution in [0.25, 0.3) is 0 Å². The Labute approximate surface area is 678 Å². The fraction of sp³-hybridized carbons (Fsp3) is 0.134. The predicted molar refractivity (Wildman–Crippen MR) is 431 cm³/mol. The number of hydrogen-bond donors (Lipinski definition) is 0. The van der Waals surface area contributed by atoms with Crippen LogP contribution in [0.2, 0.25) is 0 Å². The summed E-state index contributed by atoms with van der Waals surface area (Å²) in [6, 6.07) is 85.0. The summed E-state index contributed by atoms with van der Waals surface area (Å²) in [5.41, 5.74) is 4.13. The van der Waals surface area contributed by atoms with Gasteiger partial charge in [-0.2, -0.15) is 0 Å². The standard InChI is InChI=1S/C97H74O21/c1-5-49-102-74-53-62(57-78-83(74)115-94(111-78,66-33-17-9-18-34-66)67-35-19-10-20-36-67)89(98)106-61-82-87(108-90(99)63-54-75(103-50-6-2)84-79(58-63)112-95(116-84,68-37-21-11-22-38-68)69-39-23-12-24-40-69)88(109-91(100)64-55-76(104-51-7-3)85-80(59-64)113-96(117-85,70-41-25-13-26-42-70)71-43-27-14-28-44-71)93(107-82)110-92(101)65-56-77(105-52-8-4)86-81(60-65)114-97(118-86,72-45-29-15-30-46-72)73-47-31-16-32-48-73/h5-48,53-60,82,87-88,93H,1-4,49-52,61H2/t82-,87-,88-,93+/m1/s1. The zero-order valence-electron chi connectivity index (χ0n) is 63.3. The Bertz CT molecular complexity index is 5600. The molecule has 0 N–H and O–H groups in total. The van der Waals surface area contributed by atoms with Crippen molar-refractivity contribution in [3.8, 4) is 69.0 Å². The van der Waals surface area contributed by atoms with Gasteiger partial charge in [-0.3, -0.25) is 0 Å². The number of carbonyl (C=O) groups excluding carboxylic acids is 4. The molecule has 0 radical (unpaired) electrons. The first kappa shape index (κ1) is 75.7. The molecule has 12 aromatic carbocycles. The summed E-state index contributed by atoms with van der Waals surface area (Å²) in [5.74, 6) is -9.72. The van der Waals surface area contributed by atoms with Crippen molar-refractivity contribution in [3.05, 3.63) is 409 Å². The van der Waals surface area contributed by atoms with Crippen LogP contribution in [-0.2, 0) is 46.8 Å². The summed E-state index contributed by atoms with van der Waals surface area (Å²) in [5, 5.41) is 0. The van der Waals surface area contributed by atoms with E-state index in [-0.39, 0.29) is 118 Å². The fourth-order valence-electron chi connectivity index (χ4n) is 14.6. The molecule has 1 saturated heterocycles. The molecule has 0 spiro atoms. The summed E-state index contributed by atoms with van der Waals surface area (Å²) in [6.07, 6.45) is -1.59. The maximum Gasteiger partial charge on any atom is 0.340 e. The molecule has 0 aliphatic carbocycles. The highest BCUT2D eigenvalue weighted by molar-refractivity contribution is 5.94. The second kappa shape index (κ2) is 32.5. The van der Waals surface area contributed by atoms with Crippen molar-refractivity contribution in [1.29, 1.82) is 0 Å². The molecule has 21 nitrogen and oxygen atoms in total. The third kappa shape index (κ3) is 14.3. The zero-order valence-corrected chi connectivity index (χ0v) is 63.3. The van der Waals surface area contributed by atoms with E-state index in [1.54, 1.807) is 0 Å². The van der Waals surface area contributed by atoms with E-state index < -0.39 is 78.2 Å². The molecule has 0 bridgehead atoms. The van der Waals surface area contributed by atoms with Gasteiger partial charge in [0.05, 0.1) is 22.3 Å². The van der Waals surface area contributed by atoms with Crippen LogP contribution in [-0.4, -0.2) is 81.5 Å². The van der Waals surface area contributed by atoms with Gasteiger partial charge in [0.15, 0.2) is 52.1 Å². The number of esters is 4. The largest absolute Gasteiger partial charge is 0.485 e. The van der Waals surface area contributed by atoms with Gasteiger partial charge < -0.3 is 80.5 Å². The fourth-order valence-corrected chi connectivity index (χ4v) is 14.6. The number of hydrogen-bond acceptors (Lipinski definition) is 21. The topological polar surface area (TPSA) is 225 Å². The van der Waals surface area contributed by atoms with Gasteiger partial charge in [0.25, 0.3) is 0 Å². The molecule has 1 fully saturated rings. The SMILES string of the molecule is C=CCOc1cc(C(=O)OC[C@H]2O[C@@H](OC(=O)c3cc(OCC=C)c4c(c3)OC(c3ccccc3)(c3ccccc3)O4)[C@H](OC(=O)c3cc(OCC=C)c4c(c3)OC(c3ccccc3)(c3ccccc3)O4)[C@@H]2OC(=O)c2cc(OCC=C)c3c(c2)OC(c2ccccc2)(c2ccccc2)O3)cc2c1OC(c1ccccc1)(c1ccccc1)O2. The van der Waals surface area contributed by atoms with Crippen LogP contribution in [0.1, 0.15) is 85.9 Å². The molecular formula is C97H74O21. The molecule has 5 aliphatic heterocycles. The van der Waals surface area contributed by atoms with E-state index in [1.807, 2.05) is 243 Å². The lowest BCUT2D eigenvalue weighted by Crippen LogP contribution is -2.43. The lowest BCUT2D eigenvalue weighted by molar-refractivity contribution is -0.141. The van der Waals surface area contributed by atoms with Crippen molar-refractivity contribution >= 4 is 23.9 Å². The Morgan fingerprint density at radius 2 is 0.517 bits per heavy atom. The van der Waals surface area contributed by atoms with E-state index in [2.05, 4.69) is 26.3 Å². The van der Waals surface area contributed by atoms with E-state index in [0.29, 0.717) is 44.5 Å². The summed E-state index contributed by atoms with van der Waals surface area (Å²) >= 11 is 0. The first-order chi connectivity index (χ1) is 57.8. The van der Waals surface area contributed by atoms with E-state index >= 15 is 19.2 Å². The molecule has 118 heavy (non-hydrogen) atoms. The Hall–Kier alpha value is -15.0. The van der Waals surface area contributed by atoms with Gasteiger partial charge in [-0.05, 0) is 48.5 Å². The number of rotatable bonds is 29. The average Bonchev–Trinajstić information content (AvgIpc) is 1.60. The molecular weight excluding hydrogens is 1500 g/mol. The van der Waals surface area contributed by atoms with Crippen molar-refractivity contribution in [1.82, 2.24) is 0 Å². The monoisotopic (exact) mass is 1570 g/mol. The summed E-state index contributed by atoms with van der Waals surface area (Å²) < 4.78 is 113. The van der Waals surface area contributed by atoms with Gasteiger partial charge in [0.2, 0.25) is 35.4 Å². The molecule has 588 valence electrons. The first-order valence-corrected chi connectivity index (χ1v) is 37.9. The molecule has 12 aromatic rings. The van der Waals surface area contributed by atoms with Crippen molar-refractivity contribution < 1.29 is 99.7 Å². The van der Waals surface area contributed by atoms with Crippen LogP contribution >= 0.6 is 0 Å². The maximum absolute atomic E-state index is 15.9. The quantitative estimate of drug-likeness (QED) is 0.0241. The van der Waals surface area contributed by atoms with E-state index in [9.17, 15) is 0 Å². The number of benzene rings is 12. The highest BCUT2D eigenvalue weighted by Gasteiger charge is 2.56. The third-order valence-electron chi connectivity index (χ3n) is 20.0. The average molecular weight is 1580 g/mol. The van der Waals surface area contributed by atoms with Crippen molar-refractivity contribution in [2.45, 2.75) is 47.8 Å². The van der Waals surface area contributed by atoms with Gasteiger partial charge in [0.1, 0.15) is 39.1 Å². The van der Waals surface area contributed by atoms with E-state index in [1.165, 1.54) is 72.8 Å². The minimum atomic E-state index is -2.06. The van der Waals surface area contributed by atoms with Gasteiger partial charge in [-0.15, -0.1) is 0 Å².